The molecule has 0 spiro atoms. The first-order valence-electron chi connectivity index (χ1n) is 8.97. The number of rotatable bonds is 4. The summed E-state index contributed by atoms with van der Waals surface area (Å²) in [5.74, 6) is 0.341. The summed E-state index contributed by atoms with van der Waals surface area (Å²) < 4.78 is 0. The molecule has 0 aromatic heterocycles. The van der Waals surface area contributed by atoms with Gasteiger partial charge in [-0.3, -0.25) is 4.79 Å². The molecular weight excluding hydrogens is 286 g/mol. The standard InChI is InChI=1S/C19H29N3O/c1-15(20-19(23)17-6-5-11-21(2)14-17)16-7-9-18(10-8-16)22-12-3-4-13-22/h7-10,15,17H,3-6,11-14H2,1-2H3,(H,20,23)/t15-,17-/m0/s1. The van der Waals surface area contributed by atoms with Crippen molar-refractivity contribution in [2.45, 2.75) is 38.6 Å². The predicted octanol–water partition coefficient (Wildman–Crippen LogP) is 2.81. The molecule has 2 aliphatic rings. The molecule has 1 amide bonds. The molecule has 1 N–H and O–H groups in total. The Kier molecular flexibility index (Phi) is 5.21. The van der Waals surface area contributed by atoms with Gasteiger partial charge >= 0.3 is 0 Å². The van der Waals surface area contributed by atoms with E-state index >= 15 is 0 Å². The molecule has 2 saturated heterocycles. The first kappa shape index (κ1) is 16.3. The fourth-order valence-electron chi connectivity index (χ4n) is 3.74. The number of carbonyl (C=O) groups excluding carboxylic acids is 1. The zero-order valence-electron chi connectivity index (χ0n) is 14.4. The van der Waals surface area contributed by atoms with Crippen LogP contribution in [0.15, 0.2) is 24.3 Å². The van der Waals surface area contributed by atoms with Crippen molar-refractivity contribution >= 4 is 11.6 Å². The van der Waals surface area contributed by atoms with Gasteiger partial charge in [0.15, 0.2) is 0 Å². The minimum Gasteiger partial charge on any atom is -0.372 e. The number of likely N-dealkylation sites (tertiary alicyclic amines) is 1. The van der Waals surface area contributed by atoms with Crippen LogP contribution in [0.2, 0.25) is 0 Å². The number of benzene rings is 1. The second-order valence-electron chi connectivity index (χ2n) is 7.12. The maximum absolute atomic E-state index is 12.5. The molecule has 4 heteroatoms. The molecule has 126 valence electrons. The Hall–Kier alpha value is -1.55. The number of hydrogen-bond acceptors (Lipinski definition) is 3. The van der Waals surface area contributed by atoms with Crippen molar-refractivity contribution in [3.63, 3.8) is 0 Å². The van der Waals surface area contributed by atoms with E-state index in [0.717, 1.165) is 25.9 Å². The third kappa shape index (κ3) is 4.05. The first-order valence-corrected chi connectivity index (χ1v) is 8.97. The second kappa shape index (κ2) is 7.35. The molecule has 1 aromatic rings. The highest BCUT2D eigenvalue weighted by molar-refractivity contribution is 5.79. The van der Waals surface area contributed by atoms with Crippen LogP contribution >= 0.6 is 0 Å². The van der Waals surface area contributed by atoms with Crippen molar-refractivity contribution in [3.8, 4) is 0 Å². The minimum atomic E-state index is 0.0716. The maximum Gasteiger partial charge on any atom is 0.224 e. The Morgan fingerprint density at radius 1 is 1.13 bits per heavy atom. The van der Waals surface area contributed by atoms with Crippen molar-refractivity contribution in [2.75, 3.05) is 38.1 Å². The summed E-state index contributed by atoms with van der Waals surface area (Å²) in [6, 6.07) is 8.77. The van der Waals surface area contributed by atoms with Crippen molar-refractivity contribution in [1.82, 2.24) is 10.2 Å². The van der Waals surface area contributed by atoms with Crippen LogP contribution in [0.1, 0.15) is 44.2 Å². The van der Waals surface area contributed by atoms with E-state index in [1.54, 1.807) is 0 Å². The first-order chi connectivity index (χ1) is 11.1. The Labute approximate surface area is 139 Å². The van der Waals surface area contributed by atoms with Gasteiger partial charge in [-0.1, -0.05) is 12.1 Å². The van der Waals surface area contributed by atoms with Crippen LogP contribution in [0, 0.1) is 5.92 Å². The largest absolute Gasteiger partial charge is 0.372 e. The van der Waals surface area contributed by atoms with Gasteiger partial charge in [0.2, 0.25) is 5.91 Å². The lowest BCUT2D eigenvalue weighted by Crippen LogP contribution is -2.42. The summed E-state index contributed by atoms with van der Waals surface area (Å²) in [7, 11) is 2.10. The van der Waals surface area contributed by atoms with E-state index in [1.165, 1.54) is 37.2 Å². The highest BCUT2D eigenvalue weighted by atomic mass is 16.2. The molecule has 2 aliphatic heterocycles. The van der Waals surface area contributed by atoms with Crippen LogP contribution in [0.25, 0.3) is 0 Å². The molecule has 0 unspecified atom stereocenters. The lowest BCUT2D eigenvalue weighted by atomic mass is 9.97. The normalized spacial score (nSPS) is 23.7. The SMILES string of the molecule is C[C@H](NC(=O)[C@H]1CCCN(C)C1)c1ccc(N2CCCC2)cc1. The fraction of sp³-hybridized carbons (Fsp3) is 0.632. The van der Waals surface area contributed by atoms with Crippen molar-refractivity contribution < 1.29 is 4.79 Å². The fourth-order valence-corrected chi connectivity index (χ4v) is 3.74. The van der Waals surface area contributed by atoms with Crippen LogP contribution in [-0.4, -0.2) is 44.0 Å². The lowest BCUT2D eigenvalue weighted by molar-refractivity contribution is -0.127. The van der Waals surface area contributed by atoms with Gasteiger partial charge in [0.25, 0.3) is 0 Å². The third-order valence-electron chi connectivity index (χ3n) is 5.22. The average Bonchev–Trinajstić information content (AvgIpc) is 3.09. The Balaban J connectivity index is 1.56. The molecule has 1 aromatic carbocycles. The van der Waals surface area contributed by atoms with Crippen molar-refractivity contribution in [3.05, 3.63) is 29.8 Å². The summed E-state index contributed by atoms with van der Waals surface area (Å²) in [5.41, 5.74) is 2.49. The van der Waals surface area contributed by atoms with Crippen LogP contribution in [-0.2, 0) is 4.79 Å². The zero-order chi connectivity index (χ0) is 16.2. The molecule has 0 bridgehead atoms. The van der Waals surface area contributed by atoms with E-state index in [2.05, 4.69) is 53.4 Å². The molecule has 4 nitrogen and oxygen atoms in total. The van der Waals surface area contributed by atoms with Gasteiger partial charge in [-0.2, -0.15) is 0 Å². The molecule has 0 aliphatic carbocycles. The number of nitrogens with zero attached hydrogens (tertiary/aromatic N) is 2. The number of nitrogens with one attached hydrogen (secondary N) is 1. The number of amides is 1. The molecule has 2 fully saturated rings. The Morgan fingerprint density at radius 2 is 1.83 bits per heavy atom. The van der Waals surface area contributed by atoms with E-state index in [0.29, 0.717) is 0 Å². The van der Waals surface area contributed by atoms with Crippen LogP contribution in [0.3, 0.4) is 0 Å². The number of piperidine rings is 1. The molecule has 0 saturated carbocycles. The lowest BCUT2D eigenvalue weighted by Gasteiger charge is -2.29. The minimum absolute atomic E-state index is 0.0716. The number of anilines is 1. The molecule has 23 heavy (non-hydrogen) atoms. The Morgan fingerprint density at radius 3 is 2.48 bits per heavy atom. The van der Waals surface area contributed by atoms with Gasteiger partial charge in [-0.05, 0) is 63.9 Å². The van der Waals surface area contributed by atoms with Crippen LogP contribution < -0.4 is 10.2 Å². The number of carbonyl (C=O) groups is 1. The topological polar surface area (TPSA) is 35.6 Å². The van der Waals surface area contributed by atoms with Gasteiger partial charge in [-0.15, -0.1) is 0 Å². The third-order valence-corrected chi connectivity index (χ3v) is 5.22. The zero-order valence-corrected chi connectivity index (χ0v) is 14.4. The monoisotopic (exact) mass is 315 g/mol. The van der Waals surface area contributed by atoms with E-state index in [9.17, 15) is 4.79 Å². The smallest absolute Gasteiger partial charge is 0.224 e. The summed E-state index contributed by atoms with van der Waals surface area (Å²) in [6.07, 6.45) is 4.72. The molecular formula is C19H29N3O. The molecule has 2 atom stereocenters. The van der Waals surface area contributed by atoms with Crippen molar-refractivity contribution in [1.29, 1.82) is 0 Å². The van der Waals surface area contributed by atoms with E-state index in [-0.39, 0.29) is 17.9 Å². The quantitative estimate of drug-likeness (QED) is 0.928. The molecule has 2 heterocycles. The van der Waals surface area contributed by atoms with E-state index in [4.69, 9.17) is 0 Å². The predicted molar refractivity (Wildman–Crippen MR) is 94.7 cm³/mol. The second-order valence-corrected chi connectivity index (χ2v) is 7.12. The van der Waals surface area contributed by atoms with E-state index < -0.39 is 0 Å². The maximum atomic E-state index is 12.5. The van der Waals surface area contributed by atoms with Gasteiger partial charge in [0.05, 0.1) is 12.0 Å². The summed E-state index contributed by atoms with van der Waals surface area (Å²) in [6.45, 7) is 6.40. The van der Waals surface area contributed by atoms with Gasteiger partial charge in [0.1, 0.15) is 0 Å². The number of hydrogen-bond donors (Lipinski definition) is 1. The summed E-state index contributed by atoms with van der Waals surface area (Å²) >= 11 is 0. The molecule has 0 radical (unpaired) electrons. The van der Waals surface area contributed by atoms with Gasteiger partial charge in [0, 0.05) is 25.3 Å². The summed E-state index contributed by atoms with van der Waals surface area (Å²) in [5, 5.41) is 3.20. The Bertz CT molecular complexity index is 522. The van der Waals surface area contributed by atoms with E-state index in [1.807, 2.05) is 0 Å². The van der Waals surface area contributed by atoms with Crippen LogP contribution in [0.4, 0.5) is 5.69 Å². The highest BCUT2D eigenvalue weighted by Gasteiger charge is 2.25. The van der Waals surface area contributed by atoms with Crippen LogP contribution in [0.5, 0.6) is 0 Å². The summed E-state index contributed by atoms with van der Waals surface area (Å²) in [4.78, 5) is 17.1. The average molecular weight is 315 g/mol. The highest BCUT2D eigenvalue weighted by Crippen LogP contribution is 2.23. The molecule has 3 rings (SSSR count). The van der Waals surface area contributed by atoms with Gasteiger partial charge < -0.3 is 15.1 Å². The van der Waals surface area contributed by atoms with Crippen molar-refractivity contribution in [2.24, 2.45) is 5.92 Å². The van der Waals surface area contributed by atoms with Gasteiger partial charge in [-0.25, -0.2) is 0 Å².